The van der Waals surface area contributed by atoms with Crippen molar-refractivity contribution in [1.82, 2.24) is 0 Å². The average Bonchev–Trinajstić information content (AvgIpc) is 4.06. The van der Waals surface area contributed by atoms with Crippen LogP contribution in [0.2, 0.25) is 0 Å². The minimum absolute atomic E-state index is 0. The van der Waals surface area contributed by atoms with Crippen LogP contribution in [0, 0.1) is 55.7 Å². The zero-order chi connectivity index (χ0) is 49.4. The molecule has 0 aromatic heterocycles. The smallest absolute Gasteiger partial charge is 0.417 e. The van der Waals surface area contributed by atoms with Crippen LogP contribution in [0.1, 0.15) is 178 Å². The van der Waals surface area contributed by atoms with E-state index in [1.807, 2.05) is 93.5 Å². The number of alkyl halides is 6. The van der Waals surface area contributed by atoms with E-state index in [1.54, 1.807) is 40.1 Å². The third-order valence-electron chi connectivity index (χ3n) is 9.21. The molecular weight excluding hydrogens is 1050 g/mol. The first-order chi connectivity index (χ1) is 29.0. The molecule has 0 bridgehead atoms. The molecule has 0 aliphatic heterocycles. The second-order valence-electron chi connectivity index (χ2n) is 14.3. The first-order valence-corrected chi connectivity index (χ1v) is 22.1. The summed E-state index contributed by atoms with van der Waals surface area (Å²) < 4.78 is 95.0. The van der Waals surface area contributed by atoms with Crippen LogP contribution in [-0.4, -0.2) is 36.2 Å². The molecule has 0 saturated heterocycles. The molecule has 1 aromatic rings. The number of carbonyl (C=O) groups is 2. The molecule has 1 aliphatic rings. The van der Waals surface area contributed by atoms with E-state index in [0.717, 1.165) is 37.0 Å². The normalized spacial score (nSPS) is 14.4. The SMILES string of the molecule is C/C=C\C.CC.CC.CCC(=O)c1c(C)cc(NC(C2CC2)C(F)(F)F)cc1F.CC[C-]=O.CC\C=C(C)/C(=C\C=C(\C)CCC)C(/C(C)=O)=C(/C=C(/C)C(C)CC)C(F)(F)F.[U]. The predicted molar refractivity (Wildman–Crippen MR) is 249 cm³/mol. The Kier molecular flexibility index (Phi) is 42.0. The van der Waals surface area contributed by atoms with Crippen molar-refractivity contribution in [2.24, 2.45) is 11.8 Å². The van der Waals surface area contributed by atoms with Gasteiger partial charge in [-0.25, -0.2) is 4.39 Å². The Balaban J connectivity index is -0.000000286. The summed E-state index contributed by atoms with van der Waals surface area (Å²) in [5.41, 5.74) is 1.95. The molecule has 2 unspecified atom stereocenters. The minimum atomic E-state index is -4.62. The third-order valence-corrected chi connectivity index (χ3v) is 9.21. The van der Waals surface area contributed by atoms with Gasteiger partial charge < -0.3 is 10.1 Å². The Morgan fingerprint density at radius 3 is 1.73 bits per heavy atom. The number of aryl methyl sites for hydroxylation is 1. The van der Waals surface area contributed by atoms with Gasteiger partial charge in [-0.15, -0.1) is 0 Å². The van der Waals surface area contributed by atoms with Gasteiger partial charge in [-0.2, -0.15) is 32.8 Å². The molecule has 0 radical (unpaired) electrons. The van der Waals surface area contributed by atoms with Gasteiger partial charge in [-0.1, -0.05) is 123 Å². The summed E-state index contributed by atoms with van der Waals surface area (Å²) in [5.74, 6) is -2.16. The number of benzene rings is 1. The molecule has 1 N–H and O–H groups in total. The molecule has 1 aliphatic carbocycles. The number of hydrogen-bond donors (Lipinski definition) is 1. The second-order valence-corrected chi connectivity index (χ2v) is 14.3. The van der Waals surface area contributed by atoms with Crippen LogP contribution in [0.25, 0.3) is 0 Å². The number of carbonyl (C=O) groups excluding carboxylic acids is 3. The summed E-state index contributed by atoms with van der Waals surface area (Å²) in [6.45, 7) is 31.3. The Morgan fingerprint density at radius 1 is 0.889 bits per heavy atom. The van der Waals surface area contributed by atoms with Crippen molar-refractivity contribution in [2.45, 2.75) is 187 Å². The zero-order valence-electron chi connectivity index (χ0n) is 41.4. The molecule has 63 heavy (non-hydrogen) atoms. The Morgan fingerprint density at radius 2 is 1.40 bits per heavy atom. The molecule has 360 valence electrons. The number of nitrogens with one attached hydrogen (secondary N) is 1. The summed E-state index contributed by atoms with van der Waals surface area (Å²) >= 11 is 0. The number of Topliss-reactive ketones (excluding diaryl/α,β-unsaturated/α-hetero) is 2. The van der Waals surface area contributed by atoms with Gasteiger partial charge in [-0.3, -0.25) is 15.9 Å². The monoisotopic (exact) mass is 1120 g/mol. The van der Waals surface area contributed by atoms with Crippen LogP contribution in [0.15, 0.2) is 82.0 Å². The predicted octanol–water partition coefficient (Wildman–Crippen LogP) is 17.1. The van der Waals surface area contributed by atoms with Gasteiger partial charge in [0.1, 0.15) is 11.9 Å². The third kappa shape index (κ3) is 29.2. The molecule has 0 spiro atoms. The van der Waals surface area contributed by atoms with Crippen molar-refractivity contribution < 1.29 is 76.2 Å². The van der Waals surface area contributed by atoms with Crippen molar-refractivity contribution >= 4 is 23.5 Å². The summed E-state index contributed by atoms with van der Waals surface area (Å²) in [5, 5.41) is 2.37. The molecule has 0 heterocycles. The van der Waals surface area contributed by atoms with E-state index in [4.69, 9.17) is 4.79 Å². The number of allylic oxidation sites excluding steroid dienone is 12. The Bertz CT molecular complexity index is 1620. The number of anilines is 1. The largest absolute Gasteiger partial charge is 0.542 e. The van der Waals surface area contributed by atoms with Gasteiger partial charge in [-0.05, 0) is 121 Å². The van der Waals surface area contributed by atoms with Gasteiger partial charge in [0.15, 0.2) is 11.6 Å². The molecule has 4 nitrogen and oxygen atoms in total. The van der Waals surface area contributed by atoms with Crippen LogP contribution in [0.5, 0.6) is 0 Å². The van der Waals surface area contributed by atoms with E-state index in [2.05, 4.69) is 12.2 Å². The van der Waals surface area contributed by atoms with Crippen LogP contribution in [0.3, 0.4) is 0 Å². The van der Waals surface area contributed by atoms with Crippen molar-refractivity contribution in [3.63, 3.8) is 0 Å². The fourth-order valence-corrected chi connectivity index (χ4v) is 5.48. The molecule has 2 rings (SSSR count). The van der Waals surface area contributed by atoms with Gasteiger partial charge >= 0.3 is 12.4 Å². The van der Waals surface area contributed by atoms with Crippen molar-refractivity contribution in [3.8, 4) is 0 Å². The Labute approximate surface area is 401 Å². The summed E-state index contributed by atoms with van der Waals surface area (Å²) in [4.78, 5) is 33.2. The zero-order valence-corrected chi connectivity index (χ0v) is 45.5. The van der Waals surface area contributed by atoms with Gasteiger partial charge in [0.25, 0.3) is 0 Å². The van der Waals surface area contributed by atoms with E-state index in [0.29, 0.717) is 48.0 Å². The molecule has 1 aromatic carbocycles. The maximum Gasteiger partial charge on any atom is 0.417 e. The molecular formula is C51H79F7NO3U-. The van der Waals surface area contributed by atoms with Crippen molar-refractivity contribution in [2.75, 3.05) is 5.32 Å². The molecule has 1 fully saturated rings. The fraction of sp³-hybridized carbons (Fsp3) is 0.588. The van der Waals surface area contributed by atoms with Crippen LogP contribution < -0.4 is 5.32 Å². The maximum absolute atomic E-state index is 14.1. The quantitative estimate of drug-likeness (QED) is 0.0447. The average molecular weight is 1130 g/mol. The van der Waals surface area contributed by atoms with Crippen molar-refractivity contribution in [3.05, 3.63) is 99.0 Å². The fourth-order valence-electron chi connectivity index (χ4n) is 5.48. The topological polar surface area (TPSA) is 63.2 Å². The summed E-state index contributed by atoms with van der Waals surface area (Å²) in [7, 11) is 0. The molecule has 2 atom stereocenters. The first kappa shape index (κ1) is 69.1. The van der Waals surface area contributed by atoms with Crippen molar-refractivity contribution in [1.29, 1.82) is 0 Å². The number of ketones is 2. The van der Waals surface area contributed by atoms with Crippen LogP contribution in [-0.2, 0) is 9.59 Å². The van der Waals surface area contributed by atoms with E-state index >= 15 is 0 Å². The second kappa shape index (κ2) is 38.3. The summed E-state index contributed by atoms with van der Waals surface area (Å²) in [6, 6.07) is 0.702. The molecule has 0 amide bonds. The van der Waals surface area contributed by atoms with Gasteiger partial charge in [0.2, 0.25) is 0 Å². The van der Waals surface area contributed by atoms with E-state index in [-0.39, 0.29) is 66.1 Å². The maximum atomic E-state index is 14.1. The molecule has 1 saturated carbocycles. The van der Waals surface area contributed by atoms with Crippen LogP contribution in [0.4, 0.5) is 36.4 Å². The standard InChI is InChI=1S/C25H37F3O.C15H17F4NO.C4H8.C3H5O.2C2H6.U/c1-9-12-17(4)14-15-22(19(6)13-10-2)24(21(8)29)23(25(26,27)28)16-20(7)18(5)11-3;1-3-12(21)13-8(2)6-10(7-11(13)16)20-14(9-4-5-9)15(17,18)19;1-3-4-2;1-2-3-4;2*1-2;/h13-16,18H,9-12H2,1-8H3;6-7,9,14,20H,3-5H2,1-2H3;3-4H,1-2H3;2H2,1H3;2*1-2H3;/q;;;-1;;;/b17-14-,19-13-,20-16-,22-15+,24-23-;;4-3-;;;;. The summed E-state index contributed by atoms with van der Waals surface area (Å²) in [6.07, 6.45) is 8.12. The van der Waals surface area contributed by atoms with E-state index in [9.17, 15) is 40.3 Å². The number of hydrogen-bond acceptors (Lipinski definition) is 4. The van der Waals surface area contributed by atoms with Crippen LogP contribution >= 0.6 is 0 Å². The minimum Gasteiger partial charge on any atom is -0.542 e. The Hall–Kier alpha value is -2.97. The number of rotatable bonds is 16. The van der Waals surface area contributed by atoms with E-state index in [1.165, 1.54) is 19.9 Å². The number of halogens is 7. The van der Waals surface area contributed by atoms with Gasteiger partial charge in [0, 0.05) is 48.8 Å². The first-order valence-electron chi connectivity index (χ1n) is 22.1. The van der Waals surface area contributed by atoms with E-state index < -0.39 is 41.5 Å². The molecule has 12 heteroatoms. The van der Waals surface area contributed by atoms with Gasteiger partial charge in [0.05, 0.1) is 11.1 Å².